The summed E-state index contributed by atoms with van der Waals surface area (Å²) in [5.74, 6) is 0.720. The molecule has 1 aliphatic rings. The number of benzene rings is 2. The maximum absolute atomic E-state index is 12.8. The van der Waals surface area contributed by atoms with Crippen molar-refractivity contribution in [2.75, 3.05) is 18.5 Å². The lowest BCUT2D eigenvalue weighted by Crippen LogP contribution is -2.26. The molecule has 32 heavy (non-hydrogen) atoms. The van der Waals surface area contributed by atoms with E-state index in [1.807, 2.05) is 12.1 Å². The first kappa shape index (κ1) is 21.3. The van der Waals surface area contributed by atoms with Gasteiger partial charge < -0.3 is 13.9 Å². The molecule has 0 aliphatic heterocycles. The summed E-state index contributed by atoms with van der Waals surface area (Å²) in [6.45, 7) is 1.01. The van der Waals surface area contributed by atoms with E-state index in [-0.39, 0.29) is 4.90 Å². The lowest BCUT2D eigenvalue weighted by molar-refractivity contribution is 0.362. The van der Waals surface area contributed by atoms with E-state index in [2.05, 4.69) is 23.0 Å². The minimum atomic E-state index is -2.31. The van der Waals surface area contributed by atoms with Crippen LogP contribution in [-0.2, 0) is 11.1 Å². The van der Waals surface area contributed by atoms with Gasteiger partial charge >= 0.3 is 5.63 Å². The van der Waals surface area contributed by atoms with Crippen molar-refractivity contribution in [3.05, 3.63) is 52.9 Å². The molecule has 1 aliphatic carbocycles. The van der Waals surface area contributed by atoms with Gasteiger partial charge in [-0.25, -0.2) is 9.78 Å². The molecular weight excluding hydrogens is 444 g/mol. The van der Waals surface area contributed by atoms with Crippen LogP contribution in [0.25, 0.3) is 31.8 Å². The Bertz CT molecular complexity index is 1370. The van der Waals surface area contributed by atoms with Crippen LogP contribution in [0.3, 0.4) is 0 Å². The summed E-state index contributed by atoms with van der Waals surface area (Å²) in [6.07, 6.45) is 6.54. The van der Waals surface area contributed by atoms with Gasteiger partial charge in [-0.2, -0.15) is 0 Å². The highest BCUT2D eigenvalue weighted by atomic mass is 32.2. The summed E-state index contributed by atoms with van der Waals surface area (Å²) >= 11 is -1.03. The SMILES string of the molecule is CN(CC1CCCCC1)c1ccc2cc(-c3nc4ccc(S(=O)[O-])cc4s3)c(=O)oc2c1. The molecule has 1 atom stereocenters. The van der Waals surface area contributed by atoms with Crippen molar-refractivity contribution in [2.24, 2.45) is 5.92 Å². The van der Waals surface area contributed by atoms with Gasteiger partial charge in [-0.3, -0.25) is 4.21 Å². The predicted octanol–water partition coefficient (Wildman–Crippen LogP) is 5.32. The second-order valence-corrected chi connectivity index (χ2v) is 10.4. The number of thiazole rings is 1. The summed E-state index contributed by atoms with van der Waals surface area (Å²) in [6, 6.07) is 12.5. The molecule has 0 radical (unpaired) electrons. The van der Waals surface area contributed by atoms with Crippen LogP contribution in [0.2, 0.25) is 0 Å². The smallest absolute Gasteiger partial charge is 0.346 e. The largest absolute Gasteiger partial charge is 0.768 e. The molecule has 0 saturated heterocycles. The Hall–Kier alpha value is -2.55. The summed E-state index contributed by atoms with van der Waals surface area (Å²) in [5.41, 5.74) is 2.18. The third-order valence-electron chi connectivity index (χ3n) is 6.20. The molecule has 166 valence electrons. The monoisotopic (exact) mass is 467 g/mol. The average molecular weight is 468 g/mol. The van der Waals surface area contributed by atoms with Crippen molar-refractivity contribution in [1.29, 1.82) is 0 Å². The van der Waals surface area contributed by atoms with Gasteiger partial charge in [0.05, 0.1) is 15.8 Å². The Kier molecular flexibility index (Phi) is 5.84. The molecule has 8 heteroatoms. The number of aromatic nitrogens is 1. The number of fused-ring (bicyclic) bond motifs is 2. The van der Waals surface area contributed by atoms with Crippen LogP contribution in [-0.4, -0.2) is 27.3 Å². The molecule has 1 saturated carbocycles. The number of rotatable bonds is 5. The third-order valence-corrected chi connectivity index (χ3v) is 7.89. The Labute approximate surface area is 192 Å². The van der Waals surface area contributed by atoms with Crippen LogP contribution in [0, 0.1) is 5.92 Å². The zero-order valence-corrected chi connectivity index (χ0v) is 19.3. The fourth-order valence-electron chi connectivity index (χ4n) is 4.47. The number of hydrogen-bond acceptors (Lipinski definition) is 7. The highest BCUT2D eigenvalue weighted by Gasteiger charge is 2.17. The Morgan fingerprint density at radius 1 is 1.16 bits per heavy atom. The first-order chi connectivity index (χ1) is 15.5. The number of anilines is 1. The minimum absolute atomic E-state index is 0.197. The fourth-order valence-corrected chi connectivity index (χ4v) is 5.95. The maximum Gasteiger partial charge on any atom is 0.346 e. The lowest BCUT2D eigenvalue weighted by atomic mass is 9.89. The molecule has 0 N–H and O–H groups in total. The van der Waals surface area contributed by atoms with Gasteiger partial charge in [0.1, 0.15) is 10.6 Å². The van der Waals surface area contributed by atoms with E-state index < -0.39 is 16.7 Å². The summed E-state index contributed by atoms with van der Waals surface area (Å²) in [4.78, 5) is 19.7. The van der Waals surface area contributed by atoms with Gasteiger partial charge in [0.2, 0.25) is 0 Å². The van der Waals surface area contributed by atoms with Crippen molar-refractivity contribution >= 4 is 49.3 Å². The van der Waals surface area contributed by atoms with Gasteiger partial charge in [-0.1, -0.05) is 19.3 Å². The van der Waals surface area contributed by atoms with Crippen molar-refractivity contribution in [1.82, 2.24) is 4.98 Å². The van der Waals surface area contributed by atoms with E-state index in [1.165, 1.54) is 49.5 Å². The predicted molar refractivity (Wildman–Crippen MR) is 128 cm³/mol. The van der Waals surface area contributed by atoms with Crippen LogP contribution in [0.5, 0.6) is 0 Å². The molecule has 2 heterocycles. The molecule has 6 nitrogen and oxygen atoms in total. The van der Waals surface area contributed by atoms with Gasteiger partial charge in [-0.05, 0) is 66.2 Å². The second kappa shape index (κ2) is 8.77. The van der Waals surface area contributed by atoms with Crippen molar-refractivity contribution < 1.29 is 13.2 Å². The molecule has 2 aromatic carbocycles. The molecule has 2 aromatic heterocycles. The zero-order valence-electron chi connectivity index (χ0n) is 17.7. The zero-order chi connectivity index (χ0) is 22.2. The fraction of sp³-hybridized carbons (Fsp3) is 0.333. The van der Waals surface area contributed by atoms with Gasteiger partial charge in [0.15, 0.2) is 0 Å². The molecule has 4 aromatic rings. The van der Waals surface area contributed by atoms with Gasteiger partial charge in [0, 0.05) is 35.6 Å². The molecule has 1 unspecified atom stereocenters. The second-order valence-electron chi connectivity index (χ2n) is 8.44. The van der Waals surface area contributed by atoms with E-state index in [0.717, 1.165) is 23.5 Å². The van der Waals surface area contributed by atoms with E-state index in [9.17, 15) is 13.6 Å². The first-order valence-electron chi connectivity index (χ1n) is 10.8. The Morgan fingerprint density at radius 3 is 2.75 bits per heavy atom. The van der Waals surface area contributed by atoms with Gasteiger partial charge in [-0.15, -0.1) is 11.3 Å². The van der Waals surface area contributed by atoms with E-state index in [1.54, 1.807) is 18.2 Å². The van der Waals surface area contributed by atoms with Crippen LogP contribution < -0.4 is 10.5 Å². The van der Waals surface area contributed by atoms with Crippen molar-refractivity contribution in [3.63, 3.8) is 0 Å². The first-order valence-corrected chi connectivity index (χ1v) is 12.7. The van der Waals surface area contributed by atoms with Crippen molar-refractivity contribution in [2.45, 2.75) is 37.0 Å². The van der Waals surface area contributed by atoms with Crippen LogP contribution in [0.1, 0.15) is 32.1 Å². The van der Waals surface area contributed by atoms with E-state index in [4.69, 9.17) is 4.42 Å². The molecule has 0 bridgehead atoms. The topological polar surface area (TPSA) is 86.5 Å². The van der Waals surface area contributed by atoms with E-state index >= 15 is 0 Å². The standard InChI is InChI=1S/C24H24N2O4S2/c1-26(14-15-5-3-2-4-6-15)17-8-7-16-11-19(24(27)30-21(16)12-17)23-25-20-10-9-18(32(28)29)13-22(20)31-23/h7-13,15H,2-6,14H2,1H3,(H,28,29)/p-1. The van der Waals surface area contributed by atoms with Crippen molar-refractivity contribution in [3.8, 4) is 10.6 Å². The molecule has 0 amide bonds. The Morgan fingerprint density at radius 2 is 1.97 bits per heavy atom. The molecular formula is C24H23N2O4S2-. The average Bonchev–Trinajstić information content (AvgIpc) is 3.22. The minimum Gasteiger partial charge on any atom is -0.768 e. The maximum atomic E-state index is 12.8. The molecule has 0 spiro atoms. The van der Waals surface area contributed by atoms with Crippen LogP contribution >= 0.6 is 11.3 Å². The summed E-state index contributed by atoms with van der Waals surface area (Å²) < 4.78 is 28.8. The molecule has 1 fully saturated rings. The lowest BCUT2D eigenvalue weighted by Gasteiger charge is -2.28. The normalized spacial score (nSPS) is 15.9. The summed E-state index contributed by atoms with van der Waals surface area (Å²) in [5, 5.41) is 1.35. The van der Waals surface area contributed by atoms with Crippen LogP contribution in [0.4, 0.5) is 5.69 Å². The quantitative estimate of drug-likeness (QED) is 0.291. The third kappa shape index (κ3) is 4.22. The highest BCUT2D eigenvalue weighted by Crippen LogP contribution is 2.32. The van der Waals surface area contributed by atoms with Crippen LogP contribution in [0.15, 0.2) is 56.6 Å². The molecule has 5 rings (SSSR count). The summed E-state index contributed by atoms with van der Waals surface area (Å²) in [7, 11) is 2.09. The number of nitrogens with zero attached hydrogens (tertiary/aromatic N) is 2. The van der Waals surface area contributed by atoms with Gasteiger partial charge in [0.25, 0.3) is 0 Å². The number of hydrogen-bond donors (Lipinski definition) is 0. The van der Waals surface area contributed by atoms with E-state index in [0.29, 0.717) is 26.4 Å². The highest BCUT2D eigenvalue weighted by molar-refractivity contribution is 7.79. The Balaban J connectivity index is 1.46.